The van der Waals surface area contributed by atoms with Crippen molar-refractivity contribution in [2.24, 2.45) is 0 Å². The molecule has 0 unspecified atom stereocenters. The standard InChI is InChI=1S/C12H11ClN4S/c1-17(8-11-15-16-12(13)18-11)7-10-4-2-3-9(5-10)6-14/h2-5H,7-8H2,1H3. The lowest BCUT2D eigenvalue weighted by Gasteiger charge is -2.14. The van der Waals surface area contributed by atoms with E-state index >= 15 is 0 Å². The summed E-state index contributed by atoms with van der Waals surface area (Å²) in [6.07, 6.45) is 0. The number of nitriles is 1. The molecule has 0 amide bonds. The van der Waals surface area contributed by atoms with E-state index in [1.165, 1.54) is 11.3 Å². The van der Waals surface area contributed by atoms with Crippen molar-refractivity contribution in [3.8, 4) is 6.07 Å². The number of hydrogen-bond donors (Lipinski definition) is 0. The summed E-state index contributed by atoms with van der Waals surface area (Å²) in [6, 6.07) is 9.73. The molecule has 4 nitrogen and oxygen atoms in total. The normalized spacial score (nSPS) is 10.6. The predicted octanol–water partition coefficient (Wildman–Crippen LogP) is 2.70. The molecular formula is C12H11ClN4S. The maximum Gasteiger partial charge on any atom is 0.207 e. The Morgan fingerprint density at radius 3 is 2.89 bits per heavy atom. The third-order valence-corrected chi connectivity index (χ3v) is 3.36. The van der Waals surface area contributed by atoms with E-state index in [1.807, 2.05) is 25.2 Å². The van der Waals surface area contributed by atoms with Gasteiger partial charge in [0.25, 0.3) is 0 Å². The van der Waals surface area contributed by atoms with Gasteiger partial charge in [0.05, 0.1) is 18.2 Å². The predicted molar refractivity (Wildman–Crippen MR) is 71.2 cm³/mol. The molecule has 1 heterocycles. The Bertz CT molecular complexity index is 575. The van der Waals surface area contributed by atoms with E-state index < -0.39 is 0 Å². The van der Waals surface area contributed by atoms with Crippen LogP contribution in [0.15, 0.2) is 24.3 Å². The summed E-state index contributed by atoms with van der Waals surface area (Å²) >= 11 is 7.12. The molecule has 0 fully saturated rings. The highest BCUT2D eigenvalue weighted by Gasteiger charge is 2.06. The Hall–Kier alpha value is -1.48. The van der Waals surface area contributed by atoms with Crippen LogP contribution < -0.4 is 0 Å². The minimum atomic E-state index is 0.463. The van der Waals surface area contributed by atoms with Crippen LogP contribution in [0.4, 0.5) is 0 Å². The van der Waals surface area contributed by atoms with E-state index in [-0.39, 0.29) is 0 Å². The topological polar surface area (TPSA) is 52.8 Å². The molecule has 1 aromatic heterocycles. The molecule has 0 aliphatic heterocycles. The van der Waals surface area contributed by atoms with Crippen molar-refractivity contribution in [1.82, 2.24) is 15.1 Å². The summed E-state index contributed by atoms with van der Waals surface area (Å²) in [5.41, 5.74) is 1.78. The Labute approximate surface area is 114 Å². The largest absolute Gasteiger partial charge is 0.295 e. The first-order valence-corrected chi connectivity index (χ1v) is 6.52. The smallest absolute Gasteiger partial charge is 0.207 e. The van der Waals surface area contributed by atoms with Gasteiger partial charge in [-0.2, -0.15) is 5.26 Å². The highest BCUT2D eigenvalue weighted by atomic mass is 35.5. The van der Waals surface area contributed by atoms with Gasteiger partial charge in [0.15, 0.2) is 0 Å². The summed E-state index contributed by atoms with van der Waals surface area (Å²) < 4.78 is 0.463. The number of halogens is 1. The van der Waals surface area contributed by atoms with Gasteiger partial charge in [-0.25, -0.2) is 0 Å². The van der Waals surface area contributed by atoms with Crippen molar-refractivity contribution in [2.75, 3.05) is 7.05 Å². The van der Waals surface area contributed by atoms with E-state index in [0.29, 0.717) is 16.6 Å². The second-order valence-electron chi connectivity index (χ2n) is 3.93. The van der Waals surface area contributed by atoms with Crippen LogP contribution in [0, 0.1) is 11.3 Å². The molecule has 0 spiro atoms. The van der Waals surface area contributed by atoms with Crippen molar-refractivity contribution in [2.45, 2.75) is 13.1 Å². The second kappa shape index (κ2) is 5.91. The lowest BCUT2D eigenvalue weighted by Crippen LogP contribution is -2.17. The summed E-state index contributed by atoms with van der Waals surface area (Å²) in [7, 11) is 1.99. The Morgan fingerprint density at radius 2 is 2.22 bits per heavy atom. The van der Waals surface area contributed by atoms with Crippen LogP contribution in [0.5, 0.6) is 0 Å². The SMILES string of the molecule is CN(Cc1cccc(C#N)c1)Cc1nnc(Cl)s1. The van der Waals surface area contributed by atoms with Gasteiger partial charge < -0.3 is 0 Å². The van der Waals surface area contributed by atoms with Crippen molar-refractivity contribution in [1.29, 1.82) is 5.26 Å². The van der Waals surface area contributed by atoms with Crippen molar-refractivity contribution in [3.63, 3.8) is 0 Å². The molecular weight excluding hydrogens is 268 g/mol. The molecule has 2 aromatic rings. The molecule has 1 aromatic carbocycles. The van der Waals surface area contributed by atoms with Gasteiger partial charge in [-0.05, 0) is 36.3 Å². The van der Waals surface area contributed by atoms with Crippen LogP contribution in [0.2, 0.25) is 4.47 Å². The summed E-state index contributed by atoms with van der Waals surface area (Å²) in [5, 5.41) is 17.5. The quantitative estimate of drug-likeness (QED) is 0.863. The Morgan fingerprint density at radius 1 is 1.39 bits per heavy atom. The van der Waals surface area contributed by atoms with Crippen LogP contribution in [-0.2, 0) is 13.1 Å². The molecule has 0 saturated carbocycles. The van der Waals surface area contributed by atoms with Gasteiger partial charge in [-0.3, -0.25) is 4.90 Å². The van der Waals surface area contributed by atoms with Gasteiger partial charge in [0.1, 0.15) is 5.01 Å². The molecule has 0 N–H and O–H groups in total. The maximum absolute atomic E-state index is 8.84. The molecule has 0 saturated heterocycles. The molecule has 0 atom stereocenters. The molecule has 0 aliphatic carbocycles. The Balaban J connectivity index is 1.98. The minimum absolute atomic E-state index is 0.463. The lowest BCUT2D eigenvalue weighted by molar-refractivity contribution is 0.317. The second-order valence-corrected chi connectivity index (χ2v) is 5.58. The van der Waals surface area contributed by atoms with Crippen LogP contribution >= 0.6 is 22.9 Å². The van der Waals surface area contributed by atoms with Crippen molar-refractivity contribution >= 4 is 22.9 Å². The molecule has 0 bridgehead atoms. The average molecular weight is 279 g/mol. The average Bonchev–Trinajstić information content (AvgIpc) is 2.74. The van der Waals surface area contributed by atoms with Gasteiger partial charge in [-0.1, -0.05) is 23.5 Å². The van der Waals surface area contributed by atoms with Gasteiger partial charge >= 0.3 is 0 Å². The molecule has 0 radical (unpaired) electrons. The van der Waals surface area contributed by atoms with Crippen LogP contribution in [-0.4, -0.2) is 22.1 Å². The molecule has 0 aliphatic rings. The van der Waals surface area contributed by atoms with E-state index in [4.69, 9.17) is 16.9 Å². The third-order valence-electron chi connectivity index (χ3n) is 2.36. The molecule has 92 valence electrons. The van der Waals surface area contributed by atoms with Crippen molar-refractivity contribution in [3.05, 3.63) is 44.9 Å². The van der Waals surface area contributed by atoms with Crippen molar-refractivity contribution < 1.29 is 0 Å². The molecule has 6 heteroatoms. The zero-order valence-corrected chi connectivity index (χ0v) is 11.4. The van der Waals surface area contributed by atoms with Gasteiger partial charge in [0.2, 0.25) is 4.47 Å². The van der Waals surface area contributed by atoms with E-state index in [2.05, 4.69) is 21.2 Å². The highest BCUT2D eigenvalue weighted by molar-refractivity contribution is 7.15. The zero-order valence-electron chi connectivity index (χ0n) is 9.80. The maximum atomic E-state index is 8.84. The van der Waals surface area contributed by atoms with E-state index in [0.717, 1.165) is 17.1 Å². The van der Waals surface area contributed by atoms with E-state index in [1.54, 1.807) is 6.07 Å². The minimum Gasteiger partial charge on any atom is -0.295 e. The zero-order chi connectivity index (χ0) is 13.0. The Kier molecular flexibility index (Phi) is 4.26. The summed E-state index contributed by atoms with van der Waals surface area (Å²) in [5.74, 6) is 0. The number of rotatable bonds is 4. The summed E-state index contributed by atoms with van der Waals surface area (Å²) in [6.45, 7) is 1.45. The molecule has 18 heavy (non-hydrogen) atoms. The number of nitrogens with zero attached hydrogens (tertiary/aromatic N) is 4. The lowest BCUT2D eigenvalue weighted by atomic mass is 10.1. The van der Waals surface area contributed by atoms with Gasteiger partial charge in [-0.15, -0.1) is 10.2 Å². The fourth-order valence-corrected chi connectivity index (χ4v) is 2.58. The summed E-state index contributed by atoms with van der Waals surface area (Å²) in [4.78, 5) is 2.10. The van der Waals surface area contributed by atoms with Crippen LogP contribution in [0.25, 0.3) is 0 Å². The van der Waals surface area contributed by atoms with Crippen LogP contribution in [0.1, 0.15) is 16.1 Å². The first kappa shape index (κ1) is 13.0. The number of benzene rings is 1. The van der Waals surface area contributed by atoms with Gasteiger partial charge in [0, 0.05) is 6.54 Å². The number of aromatic nitrogens is 2. The monoisotopic (exact) mass is 278 g/mol. The first-order chi connectivity index (χ1) is 8.67. The molecule has 2 rings (SSSR count). The fraction of sp³-hybridized carbons (Fsp3) is 0.250. The van der Waals surface area contributed by atoms with Crippen LogP contribution in [0.3, 0.4) is 0 Å². The fourth-order valence-electron chi connectivity index (χ4n) is 1.63. The number of hydrogen-bond acceptors (Lipinski definition) is 5. The van der Waals surface area contributed by atoms with E-state index in [9.17, 15) is 0 Å². The first-order valence-electron chi connectivity index (χ1n) is 5.33. The highest BCUT2D eigenvalue weighted by Crippen LogP contribution is 2.17. The third kappa shape index (κ3) is 3.50.